The van der Waals surface area contributed by atoms with E-state index in [2.05, 4.69) is 4.90 Å². The van der Waals surface area contributed by atoms with Crippen LogP contribution in [-0.4, -0.2) is 44.3 Å². The minimum Gasteiger partial charge on any atom is -0.381 e. The van der Waals surface area contributed by atoms with Gasteiger partial charge in [-0.25, -0.2) is 0 Å². The van der Waals surface area contributed by atoms with Gasteiger partial charge in [0.2, 0.25) is 0 Å². The molecule has 19 heavy (non-hydrogen) atoms. The van der Waals surface area contributed by atoms with Gasteiger partial charge in [0.1, 0.15) is 0 Å². The Kier molecular flexibility index (Phi) is 4.16. The van der Waals surface area contributed by atoms with E-state index in [4.69, 9.17) is 10.5 Å². The summed E-state index contributed by atoms with van der Waals surface area (Å²) in [6.45, 7) is 6.33. The number of nitrogens with two attached hydrogens (primary N) is 1. The zero-order chi connectivity index (χ0) is 13.2. The van der Waals surface area contributed by atoms with Crippen molar-refractivity contribution in [1.29, 1.82) is 0 Å². The number of piperidine rings is 1. The first-order chi connectivity index (χ1) is 9.26. The van der Waals surface area contributed by atoms with Crippen LogP contribution in [0, 0.1) is 10.8 Å². The summed E-state index contributed by atoms with van der Waals surface area (Å²) in [4.78, 5) is 2.67. The zero-order valence-corrected chi connectivity index (χ0v) is 12.3. The quantitative estimate of drug-likeness (QED) is 0.852. The number of hydrogen-bond acceptors (Lipinski definition) is 3. The van der Waals surface area contributed by atoms with Gasteiger partial charge in [0.25, 0.3) is 0 Å². The molecule has 3 aliphatic rings. The first-order valence-corrected chi connectivity index (χ1v) is 8.26. The van der Waals surface area contributed by atoms with Gasteiger partial charge in [-0.3, -0.25) is 0 Å². The smallest absolute Gasteiger partial charge is 0.0547 e. The third-order valence-electron chi connectivity index (χ3n) is 6.01. The topological polar surface area (TPSA) is 38.5 Å². The van der Waals surface area contributed by atoms with Crippen LogP contribution in [0.4, 0.5) is 0 Å². The van der Waals surface area contributed by atoms with Gasteiger partial charge in [-0.1, -0.05) is 19.3 Å². The molecule has 3 heteroatoms. The van der Waals surface area contributed by atoms with E-state index in [0.29, 0.717) is 0 Å². The van der Waals surface area contributed by atoms with Gasteiger partial charge in [-0.15, -0.1) is 0 Å². The fourth-order valence-electron chi connectivity index (χ4n) is 4.46. The SMILES string of the molecule is NCC1(CN2CCC3(CCCCC3)CC2)CCOC1. The van der Waals surface area contributed by atoms with Crippen molar-refractivity contribution in [2.24, 2.45) is 16.6 Å². The predicted molar refractivity (Wildman–Crippen MR) is 78.1 cm³/mol. The van der Waals surface area contributed by atoms with E-state index in [0.717, 1.165) is 31.6 Å². The molecule has 2 heterocycles. The Morgan fingerprint density at radius 3 is 2.26 bits per heavy atom. The average Bonchev–Trinajstić information content (AvgIpc) is 2.92. The highest BCUT2D eigenvalue weighted by Crippen LogP contribution is 2.45. The number of nitrogens with zero attached hydrogens (tertiary/aromatic N) is 1. The van der Waals surface area contributed by atoms with E-state index in [9.17, 15) is 0 Å². The van der Waals surface area contributed by atoms with Gasteiger partial charge >= 0.3 is 0 Å². The van der Waals surface area contributed by atoms with Crippen LogP contribution in [0.2, 0.25) is 0 Å². The number of ether oxygens (including phenoxy) is 1. The largest absolute Gasteiger partial charge is 0.381 e. The molecule has 3 rings (SSSR count). The van der Waals surface area contributed by atoms with Crippen molar-refractivity contribution in [3.8, 4) is 0 Å². The summed E-state index contributed by atoms with van der Waals surface area (Å²) in [7, 11) is 0. The summed E-state index contributed by atoms with van der Waals surface area (Å²) in [5.41, 5.74) is 7.00. The zero-order valence-electron chi connectivity index (χ0n) is 12.3. The van der Waals surface area contributed by atoms with E-state index in [1.165, 1.54) is 64.6 Å². The van der Waals surface area contributed by atoms with E-state index < -0.39 is 0 Å². The van der Waals surface area contributed by atoms with Crippen LogP contribution in [0.15, 0.2) is 0 Å². The molecule has 0 bridgehead atoms. The van der Waals surface area contributed by atoms with Crippen LogP contribution < -0.4 is 5.73 Å². The highest BCUT2D eigenvalue weighted by molar-refractivity contribution is 4.92. The molecule has 0 aromatic heterocycles. The predicted octanol–water partition coefficient (Wildman–Crippen LogP) is 2.40. The lowest BCUT2D eigenvalue weighted by Gasteiger charge is -2.46. The molecule has 1 spiro atoms. The average molecular weight is 266 g/mol. The Balaban J connectivity index is 1.52. The van der Waals surface area contributed by atoms with Crippen LogP contribution in [-0.2, 0) is 4.74 Å². The summed E-state index contributed by atoms with van der Waals surface area (Å²) in [5, 5.41) is 0. The Morgan fingerprint density at radius 1 is 0.947 bits per heavy atom. The molecule has 3 fully saturated rings. The molecule has 0 aromatic rings. The maximum atomic E-state index is 6.02. The molecule has 2 aliphatic heterocycles. The van der Waals surface area contributed by atoms with Crippen LogP contribution in [0.1, 0.15) is 51.4 Å². The standard InChI is InChI=1S/C16H30N2O/c17-12-16(8-11-19-14-16)13-18-9-6-15(7-10-18)4-2-1-3-5-15/h1-14,17H2. The second kappa shape index (κ2) is 5.71. The molecule has 110 valence electrons. The number of hydrogen-bond donors (Lipinski definition) is 1. The second-order valence-electron chi connectivity index (χ2n) is 7.34. The minimum absolute atomic E-state index is 0.261. The highest BCUT2D eigenvalue weighted by Gasteiger charge is 2.39. The molecule has 1 atom stereocenters. The maximum Gasteiger partial charge on any atom is 0.0547 e. The number of likely N-dealkylation sites (tertiary alicyclic amines) is 1. The Labute approximate surface area is 117 Å². The van der Waals surface area contributed by atoms with Gasteiger partial charge in [0.15, 0.2) is 0 Å². The van der Waals surface area contributed by atoms with Crippen molar-refractivity contribution >= 4 is 0 Å². The molecule has 3 nitrogen and oxygen atoms in total. The fourth-order valence-corrected chi connectivity index (χ4v) is 4.46. The van der Waals surface area contributed by atoms with Gasteiger partial charge in [0.05, 0.1) is 6.61 Å². The molecule has 2 saturated heterocycles. The van der Waals surface area contributed by atoms with Crippen molar-refractivity contribution in [3.63, 3.8) is 0 Å². The van der Waals surface area contributed by atoms with Crippen molar-refractivity contribution in [2.75, 3.05) is 39.4 Å². The Hall–Kier alpha value is -0.120. The lowest BCUT2D eigenvalue weighted by molar-refractivity contribution is 0.0392. The molecule has 0 amide bonds. The molecule has 1 saturated carbocycles. The van der Waals surface area contributed by atoms with E-state index >= 15 is 0 Å². The summed E-state index contributed by atoms with van der Waals surface area (Å²) in [5.74, 6) is 0. The third-order valence-corrected chi connectivity index (χ3v) is 6.01. The molecule has 1 aliphatic carbocycles. The van der Waals surface area contributed by atoms with E-state index in [-0.39, 0.29) is 5.41 Å². The van der Waals surface area contributed by atoms with Gasteiger partial charge in [-0.05, 0) is 50.6 Å². The summed E-state index contributed by atoms with van der Waals surface area (Å²) < 4.78 is 5.60. The number of rotatable bonds is 3. The Morgan fingerprint density at radius 2 is 1.68 bits per heavy atom. The van der Waals surface area contributed by atoms with Crippen LogP contribution in [0.5, 0.6) is 0 Å². The van der Waals surface area contributed by atoms with E-state index in [1.807, 2.05) is 0 Å². The van der Waals surface area contributed by atoms with Crippen LogP contribution in [0.3, 0.4) is 0 Å². The molecule has 0 aromatic carbocycles. The van der Waals surface area contributed by atoms with Crippen molar-refractivity contribution < 1.29 is 4.74 Å². The normalized spacial score (nSPS) is 35.8. The third kappa shape index (κ3) is 2.98. The first-order valence-electron chi connectivity index (χ1n) is 8.26. The van der Waals surface area contributed by atoms with Crippen molar-refractivity contribution in [1.82, 2.24) is 4.90 Å². The Bertz CT molecular complexity index is 283. The fraction of sp³-hybridized carbons (Fsp3) is 1.00. The van der Waals surface area contributed by atoms with E-state index in [1.54, 1.807) is 0 Å². The van der Waals surface area contributed by atoms with Gasteiger partial charge in [0, 0.05) is 25.1 Å². The molecular formula is C16H30N2O. The molecular weight excluding hydrogens is 236 g/mol. The monoisotopic (exact) mass is 266 g/mol. The van der Waals surface area contributed by atoms with Crippen molar-refractivity contribution in [2.45, 2.75) is 51.4 Å². The first kappa shape index (κ1) is 13.8. The molecule has 0 radical (unpaired) electrons. The lowest BCUT2D eigenvalue weighted by atomic mass is 9.68. The molecule has 2 N–H and O–H groups in total. The van der Waals surface area contributed by atoms with Gasteiger partial charge in [-0.2, -0.15) is 0 Å². The summed E-state index contributed by atoms with van der Waals surface area (Å²) >= 11 is 0. The lowest BCUT2D eigenvalue weighted by Crippen LogP contribution is -2.48. The van der Waals surface area contributed by atoms with Crippen LogP contribution in [0.25, 0.3) is 0 Å². The minimum atomic E-state index is 0.261. The highest BCUT2D eigenvalue weighted by atomic mass is 16.5. The van der Waals surface area contributed by atoms with Crippen molar-refractivity contribution in [3.05, 3.63) is 0 Å². The summed E-state index contributed by atoms with van der Waals surface area (Å²) in [6, 6.07) is 0. The maximum absolute atomic E-state index is 6.02. The van der Waals surface area contributed by atoms with Gasteiger partial charge < -0.3 is 15.4 Å². The van der Waals surface area contributed by atoms with Crippen LogP contribution >= 0.6 is 0 Å². The molecule has 1 unspecified atom stereocenters. The second-order valence-corrected chi connectivity index (χ2v) is 7.34. The summed E-state index contributed by atoms with van der Waals surface area (Å²) in [6.07, 6.45) is 11.4.